The van der Waals surface area contributed by atoms with Gasteiger partial charge < -0.3 is 15.0 Å². The molecule has 1 aromatic rings. The van der Waals surface area contributed by atoms with Crippen molar-refractivity contribution in [1.29, 1.82) is 0 Å². The predicted molar refractivity (Wildman–Crippen MR) is 127 cm³/mol. The molecular formula is C25H33F3N4O4. The minimum atomic E-state index is -4.50. The molecule has 36 heavy (non-hydrogen) atoms. The van der Waals surface area contributed by atoms with Gasteiger partial charge in [0.1, 0.15) is 0 Å². The number of hydrogen-bond donors (Lipinski definition) is 1. The fourth-order valence-corrected chi connectivity index (χ4v) is 4.73. The van der Waals surface area contributed by atoms with Gasteiger partial charge in [-0.05, 0) is 38.5 Å². The molecule has 2 heterocycles. The third-order valence-electron chi connectivity index (χ3n) is 6.53. The number of ether oxygens (including phenoxy) is 1. The molecule has 3 amide bonds. The zero-order chi connectivity index (χ0) is 26.6. The van der Waals surface area contributed by atoms with E-state index in [9.17, 15) is 27.6 Å². The van der Waals surface area contributed by atoms with E-state index in [1.165, 1.54) is 17.0 Å². The van der Waals surface area contributed by atoms with Crippen LogP contribution in [0.4, 0.5) is 18.0 Å². The minimum Gasteiger partial charge on any atom is -0.463 e. The van der Waals surface area contributed by atoms with Crippen molar-refractivity contribution in [3.05, 3.63) is 46.7 Å². The van der Waals surface area contributed by atoms with Crippen molar-refractivity contribution in [2.24, 2.45) is 0 Å². The monoisotopic (exact) mass is 510 g/mol. The van der Waals surface area contributed by atoms with E-state index in [1.807, 2.05) is 18.7 Å². The minimum absolute atomic E-state index is 0.0453. The Bertz CT molecular complexity index is 1010. The first kappa shape index (κ1) is 27.5. The molecule has 198 valence electrons. The molecule has 1 saturated heterocycles. The lowest BCUT2D eigenvalue weighted by Crippen LogP contribution is -2.56. The highest BCUT2D eigenvalue weighted by molar-refractivity contribution is 5.95. The van der Waals surface area contributed by atoms with Crippen molar-refractivity contribution in [2.75, 3.05) is 39.3 Å². The second kappa shape index (κ2) is 11.3. The van der Waals surface area contributed by atoms with E-state index in [0.29, 0.717) is 37.3 Å². The Labute approximate surface area is 209 Å². The molecule has 2 atom stereocenters. The summed E-state index contributed by atoms with van der Waals surface area (Å²) in [6.07, 6.45) is -4.09. The molecule has 0 radical (unpaired) electrons. The number of piperazine rings is 1. The van der Waals surface area contributed by atoms with Crippen LogP contribution in [0.1, 0.15) is 51.3 Å². The number of likely N-dealkylation sites (N-methyl/N-ethyl adjacent to an activating group) is 1. The highest BCUT2D eigenvalue weighted by atomic mass is 19.4. The third-order valence-corrected chi connectivity index (χ3v) is 6.53. The first-order valence-electron chi connectivity index (χ1n) is 12.2. The largest absolute Gasteiger partial charge is 0.463 e. The summed E-state index contributed by atoms with van der Waals surface area (Å²) < 4.78 is 44.6. The summed E-state index contributed by atoms with van der Waals surface area (Å²) in [6.45, 7) is 9.49. The van der Waals surface area contributed by atoms with E-state index in [2.05, 4.69) is 10.2 Å². The number of carbonyl (C=O) groups excluding carboxylic acids is 3. The molecule has 1 fully saturated rings. The van der Waals surface area contributed by atoms with Gasteiger partial charge in [-0.3, -0.25) is 14.6 Å². The number of rotatable bonds is 7. The summed E-state index contributed by atoms with van der Waals surface area (Å²) in [5.74, 6) is -0.563. The summed E-state index contributed by atoms with van der Waals surface area (Å²) in [5, 5.41) is 2.76. The Morgan fingerprint density at radius 3 is 2.31 bits per heavy atom. The molecule has 0 bridgehead atoms. The lowest BCUT2D eigenvalue weighted by Gasteiger charge is -2.43. The van der Waals surface area contributed by atoms with Crippen LogP contribution in [0, 0.1) is 0 Å². The van der Waals surface area contributed by atoms with E-state index in [0.717, 1.165) is 12.1 Å². The Morgan fingerprint density at radius 2 is 1.78 bits per heavy atom. The molecule has 1 N–H and O–H groups in total. The van der Waals surface area contributed by atoms with Crippen LogP contribution >= 0.6 is 0 Å². The highest BCUT2D eigenvalue weighted by Crippen LogP contribution is 2.35. The van der Waals surface area contributed by atoms with Gasteiger partial charge in [0.2, 0.25) is 5.91 Å². The number of alkyl halides is 3. The van der Waals surface area contributed by atoms with Crippen molar-refractivity contribution in [2.45, 2.75) is 52.4 Å². The maximum atomic E-state index is 13.2. The number of carbonyl (C=O) groups is 3. The van der Waals surface area contributed by atoms with Gasteiger partial charge in [-0.1, -0.05) is 19.1 Å². The topological polar surface area (TPSA) is 82.2 Å². The Balaban J connectivity index is 2.00. The van der Waals surface area contributed by atoms with Gasteiger partial charge in [0.05, 0.1) is 23.8 Å². The summed E-state index contributed by atoms with van der Waals surface area (Å²) in [7, 11) is 0. The molecule has 0 aromatic heterocycles. The molecule has 1 aromatic carbocycles. The van der Waals surface area contributed by atoms with Crippen molar-refractivity contribution < 1.29 is 32.3 Å². The van der Waals surface area contributed by atoms with Crippen molar-refractivity contribution in [3.63, 3.8) is 0 Å². The Kier molecular flexibility index (Phi) is 8.65. The van der Waals surface area contributed by atoms with Crippen LogP contribution in [-0.4, -0.2) is 78.0 Å². The lowest BCUT2D eigenvalue weighted by molar-refractivity contribution is -0.139. The smallest absolute Gasteiger partial charge is 0.416 e. The predicted octanol–water partition coefficient (Wildman–Crippen LogP) is 3.55. The van der Waals surface area contributed by atoms with Crippen LogP contribution in [0.2, 0.25) is 0 Å². The number of halogens is 3. The van der Waals surface area contributed by atoms with Crippen LogP contribution in [0.3, 0.4) is 0 Å². The first-order chi connectivity index (χ1) is 17.0. The molecular weight excluding hydrogens is 477 g/mol. The second-order valence-corrected chi connectivity index (χ2v) is 8.85. The molecule has 0 aliphatic carbocycles. The fraction of sp³-hybridized carbons (Fsp3) is 0.560. The number of hydrogen-bond acceptors (Lipinski definition) is 5. The lowest BCUT2D eigenvalue weighted by atomic mass is 9.93. The number of esters is 1. The molecule has 2 unspecified atom stereocenters. The maximum absolute atomic E-state index is 13.2. The standard InChI is InChI=1S/C25H33F3N4O4/c1-5-20(33)32-13-12-30(14-16(32)4)15-19-21(23(34)36-7-3)22(29-24(35)31(19)6-2)17-8-10-18(11-9-17)25(26,27)28/h8-11,16,22H,5-7,12-15H2,1-4H3,(H,29,35). The van der Waals surface area contributed by atoms with E-state index in [-0.39, 0.29) is 37.2 Å². The fourth-order valence-electron chi connectivity index (χ4n) is 4.73. The van der Waals surface area contributed by atoms with Crippen LogP contribution in [0.5, 0.6) is 0 Å². The number of nitrogens with one attached hydrogen (secondary N) is 1. The van der Waals surface area contributed by atoms with E-state index in [1.54, 1.807) is 13.8 Å². The van der Waals surface area contributed by atoms with Crippen molar-refractivity contribution >= 4 is 17.9 Å². The Hall–Kier alpha value is -3.08. The first-order valence-corrected chi connectivity index (χ1v) is 12.2. The van der Waals surface area contributed by atoms with Gasteiger partial charge in [-0.25, -0.2) is 9.59 Å². The molecule has 3 rings (SSSR count). The van der Waals surface area contributed by atoms with Gasteiger partial charge >= 0.3 is 18.2 Å². The Morgan fingerprint density at radius 1 is 1.11 bits per heavy atom. The van der Waals surface area contributed by atoms with Gasteiger partial charge in [0.25, 0.3) is 0 Å². The van der Waals surface area contributed by atoms with Crippen LogP contribution in [-0.2, 0) is 20.5 Å². The SMILES string of the molecule is CCOC(=O)C1=C(CN2CCN(C(=O)CC)C(C)C2)N(CC)C(=O)NC1c1ccc(C(F)(F)F)cc1. The van der Waals surface area contributed by atoms with E-state index < -0.39 is 29.8 Å². The molecule has 8 nitrogen and oxygen atoms in total. The summed E-state index contributed by atoms with van der Waals surface area (Å²) in [4.78, 5) is 43.8. The van der Waals surface area contributed by atoms with Crippen molar-refractivity contribution in [1.82, 2.24) is 20.0 Å². The second-order valence-electron chi connectivity index (χ2n) is 8.85. The van der Waals surface area contributed by atoms with Crippen LogP contribution in [0.15, 0.2) is 35.5 Å². The van der Waals surface area contributed by atoms with Gasteiger partial charge in [0.15, 0.2) is 0 Å². The molecule has 0 spiro atoms. The molecule has 2 aliphatic rings. The van der Waals surface area contributed by atoms with Crippen LogP contribution < -0.4 is 5.32 Å². The number of amides is 3. The van der Waals surface area contributed by atoms with E-state index in [4.69, 9.17) is 4.74 Å². The third kappa shape index (κ3) is 5.83. The van der Waals surface area contributed by atoms with Gasteiger partial charge in [0, 0.05) is 50.9 Å². The zero-order valence-corrected chi connectivity index (χ0v) is 21.0. The van der Waals surface area contributed by atoms with E-state index >= 15 is 0 Å². The molecule has 2 aliphatic heterocycles. The zero-order valence-electron chi connectivity index (χ0n) is 21.0. The quantitative estimate of drug-likeness (QED) is 0.568. The van der Waals surface area contributed by atoms with Gasteiger partial charge in [-0.2, -0.15) is 13.2 Å². The number of urea groups is 1. The summed E-state index contributed by atoms with van der Waals surface area (Å²) in [6, 6.07) is 2.95. The van der Waals surface area contributed by atoms with Crippen molar-refractivity contribution in [3.8, 4) is 0 Å². The molecule has 0 saturated carbocycles. The maximum Gasteiger partial charge on any atom is 0.416 e. The summed E-state index contributed by atoms with van der Waals surface area (Å²) >= 11 is 0. The summed E-state index contributed by atoms with van der Waals surface area (Å²) in [5.41, 5.74) is 0.170. The van der Waals surface area contributed by atoms with Gasteiger partial charge in [-0.15, -0.1) is 0 Å². The molecule has 11 heteroatoms. The number of benzene rings is 1. The average Bonchev–Trinajstić information content (AvgIpc) is 2.83. The normalized spacial score (nSPS) is 21.5. The average molecular weight is 511 g/mol. The number of nitrogens with zero attached hydrogens (tertiary/aromatic N) is 3. The highest BCUT2D eigenvalue weighted by Gasteiger charge is 2.39. The van der Waals surface area contributed by atoms with Crippen LogP contribution in [0.25, 0.3) is 0 Å².